The molecule has 6 rings (SSSR count). The van der Waals surface area contributed by atoms with E-state index in [1.54, 1.807) is 24.3 Å². The van der Waals surface area contributed by atoms with E-state index in [4.69, 9.17) is 0 Å². The van der Waals surface area contributed by atoms with Gasteiger partial charge in [0, 0.05) is 23.0 Å². The van der Waals surface area contributed by atoms with Gasteiger partial charge in [-0.15, -0.1) is 0 Å². The fraction of sp³-hybridized carbons (Fsp3) is 0.273. The molecule has 4 heteroatoms. The third-order valence-electron chi connectivity index (χ3n) is 9.35. The zero-order valence-corrected chi connectivity index (χ0v) is 29.4. The smallest absolute Gasteiger partial charge is 0.119 e. The highest BCUT2D eigenvalue weighted by Crippen LogP contribution is 2.44. The average Bonchev–Trinajstić information content (AvgIpc) is 3.02. The van der Waals surface area contributed by atoms with Gasteiger partial charge in [-0.2, -0.15) is 0 Å². The maximum absolute atomic E-state index is 10.4. The van der Waals surface area contributed by atoms with Crippen LogP contribution in [0.4, 0.5) is 0 Å². The van der Waals surface area contributed by atoms with Crippen LogP contribution in [0.25, 0.3) is 21.5 Å². The van der Waals surface area contributed by atoms with E-state index in [2.05, 4.69) is 55.4 Å². The third-order valence-corrected chi connectivity index (χ3v) is 9.35. The van der Waals surface area contributed by atoms with Crippen LogP contribution < -0.4 is 0 Å². The Hall–Kier alpha value is -4.96. The van der Waals surface area contributed by atoms with Gasteiger partial charge in [-0.05, 0) is 91.0 Å². The van der Waals surface area contributed by atoms with Crippen LogP contribution in [-0.2, 0) is 22.7 Å². The van der Waals surface area contributed by atoms with E-state index in [1.807, 2.05) is 84.9 Å². The van der Waals surface area contributed by atoms with Crippen molar-refractivity contribution in [3.05, 3.63) is 143 Å². The van der Waals surface area contributed by atoms with Crippen molar-refractivity contribution in [1.82, 2.24) is 0 Å². The molecule has 48 heavy (non-hydrogen) atoms. The number of rotatable bonds is 4. The molecule has 0 radical (unpaired) electrons. The first-order valence-electron chi connectivity index (χ1n) is 16.6. The Kier molecular flexibility index (Phi) is 9.25. The summed E-state index contributed by atoms with van der Waals surface area (Å²) in [5, 5.41) is 44.9. The number of benzene rings is 6. The first kappa shape index (κ1) is 34.4. The minimum absolute atomic E-state index is 0.0792. The molecule has 6 aromatic rings. The highest BCUT2D eigenvalue weighted by Gasteiger charge is 2.34. The molecular formula is C44H48O4. The predicted octanol–water partition coefficient (Wildman–Crippen LogP) is 11.0. The molecule has 4 N–H and O–H groups in total. The summed E-state index contributed by atoms with van der Waals surface area (Å²) in [6, 6.07) is 34.6. The monoisotopic (exact) mass is 640 g/mol. The summed E-state index contributed by atoms with van der Waals surface area (Å²) in [6.07, 6.45) is 0.486. The molecule has 0 fully saturated rings. The Balaban J connectivity index is 0.000000188. The molecule has 0 unspecified atom stereocenters. The second-order valence-corrected chi connectivity index (χ2v) is 15.3. The number of phenolic OH excluding ortho intramolecular Hbond substituents is 4. The molecule has 0 aliphatic rings. The fourth-order valence-corrected chi connectivity index (χ4v) is 6.74. The molecule has 0 aliphatic carbocycles. The molecule has 4 nitrogen and oxygen atoms in total. The molecule has 0 spiro atoms. The van der Waals surface area contributed by atoms with Crippen LogP contribution in [0.2, 0.25) is 0 Å². The van der Waals surface area contributed by atoms with Crippen LogP contribution in [0, 0.1) is 0 Å². The van der Waals surface area contributed by atoms with E-state index >= 15 is 0 Å². The normalized spacial score (nSPS) is 12.2. The van der Waals surface area contributed by atoms with Crippen LogP contribution in [0.1, 0.15) is 88.8 Å². The van der Waals surface area contributed by atoms with Crippen LogP contribution in [0.15, 0.2) is 109 Å². The average molecular weight is 641 g/mol. The van der Waals surface area contributed by atoms with Gasteiger partial charge >= 0.3 is 0 Å². The summed E-state index contributed by atoms with van der Waals surface area (Å²) < 4.78 is 0. The molecule has 0 atom stereocenters. The van der Waals surface area contributed by atoms with Crippen molar-refractivity contribution in [3.63, 3.8) is 0 Å². The van der Waals surface area contributed by atoms with Gasteiger partial charge in [-0.1, -0.05) is 128 Å². The second kappa shape index (κ2) is 12.9. The topological polar surface area (TPSA) is 80.9 Å². The Morgan fingerprint density at radius 2 is 0.792 bits per heavy atom. The Morgan fingerprint density at radius 1 is 0.417 bits per heavy atom. The molecule has 0 saturated carbocycles. The van der Waals surface area contributed by atoms with Gasteiger partial charge in [0.25, 0.3) is 0 Å². The molecular weight excluding hydrogens is 592 g/mol. The van der Waals surface area contributed by atoms with Gasteiger partial charge in [0.05, 0.1) is 0 Å². The van der Waals surface area contributed by atoms with Crippen molar-refractivity contribution in [2.45, 2.75) is 78.1 Å². The quantitative estimate of drug-likeness (QED) is 0.155. The lowest BCUT2D eigenvalue weighted by atomic mass is 9.67. The summed E-state index contributed by atoms with van der Waals surface area (Å²) in [5.74, 6) is 1.12. The molecule has 0 amide bonds. The third kappa shape index (κ3) is 6.99. The Morgan fingerprint density at radius 3 is 1.17 bits per heavy atom. The van der Waals surface area contributed by atoms with Crippen molar-refractivity contribution in [3.8, 4) is 23.0 Å². The first-order chi connectivity index (χ1) is 22.5. The zero-order valence-electron chi connectivity index (χ0n) is 29.4. The first-order valence-corrected chi connectivity index (χ1v) is 16.6. The highest BCUT2D eigenvalue weighted by atomic mass is 16.3. The van der Waals surface area contributed by atoms with E-state index in [1.165, 1.54) is 11.1 Å². The van der Waals surface area contributed by atoms with Gasteiger partial charge in [-0.25, -0.2) is 0 Å². The predicted molar refractivity (Wildman–Crippen MR) is 200 cm³/mol. The van der Waals surface area contributed by atoms with Crippen LogP contribution in [0.5, 0.6) is 23.0 Å². The number of fused-ring (bicyclic) bond motifs is 2. The van der Waals surface area contributed by atoms with Crippen molar-refractivity contribution >= 4 is 21.5 Å². The lowest BCUT2D eigenvalue weighted by Gasteiger charge is -2.37. The van der Waals surface area contributed by atoms with E-state index in [0.717, 1.165) is 43.8 Å². The van der Waals surface area contributed by atoms with Crippen LogP contribution in [-0.4, -0.2) is 20.4 Å². The minimum atomic E-state index is -0.257. The maximum atomic E-state index is 10.4. The SMILES string of the molecule is CC(C)(C)c1cc(O)ccc1C(C)(C)c1ccc(O)cc1C(C)(C)C.Oc1ccc2ccccc2c1Cc1c(O)ccc2ccccc12. The zero-order chi connectivity index (χ0) is 35.0. The maximum Gasteiger partial charge on any atom is 0.119 e. The molecule has 0 aliphatic heterocycles. The van der Waals surface area contributed by atoms with E-state index in [9.17, 15) is 20.4 Å². The Bertz CT molecular complexity index is 1940. The molecule has 0 bridgehead atoms. The van der Waals surface area contributed by atoms with Gasteiger partial charge in [-0.3, -0.25) is 0 Å². The molecule has 6 aromatic carbocycles. The number of hydrogen-bond donors (Lipinski definition) is 4. The van der Waals surface area contributed by atoms with Gasteiger partial charge < -0.3 is 20.4 Å². The molecule has 0 saturated heterocycles. The summed E-state index contributed by atoms with van der Waals surface area (Å²) in [5.41, 5.74) is 5.96. The van der Waals surface area contributed by atoms with Crippen molar-refractivity contribution in [1.29, 1.82) is 0 Å². The lowest BCUT2D eigenvalue weighted by molar-refractivity contribution is 0.463. The fourth-order valence-electron chi connectivity index (χ4n) is 6.74. The van der Waals surface area contributed by atoms with E-state index in [-0.39, 0.29) is 27.7 Å². The van der Waals surface area contributed by atoms with Gasteiger partial charge in [0.2, 0.25) is 0 Å². The largest absolute Gasteiger partial charge is 0.508 e. The van der Waals surface area contributed by atoms with Crippen molar-refractivity contribution < 1.29 is 20.4 Å². The van der Waals surface area contributed by atoms with Crippen LogP contribution >= 0.6 is 0 Å². The van der Waals surface area contributed by atoms with Gasteiger partial charge in [0.15, 0.2) is 0 Å². The Labute approximate surface area is 285 Å². The summed E-state index contributed by atoms with van der Waals surface area (Å²) in [7, 11) is 0. The van der Waals surface area contributed by atoms with E-state index in [0.29, 0.717) is 17.9 Å². The number of hydrogen-bond acceptors (Lipinski definition) is 4. The van der Waals surface area contributed by atoms with Crippen molar-refractivity contribution in [2.75, 3.05) is 0 Å². The number of phenols is 4. The molecule has 0 aromatic heterocycles. The van der Waals surface area contributed by atoms with Gasteiger partial charge in [0.1, 0.15) is 23.0 Å². The minimum Gasteiger partial charge on any atom is -0.508 e. The second-order valence-electron chi connectivity index (χ2n) is 15.3. The highest BCUT2D eigenvalue weighted by molar-refractivity contribution is 5.91. The summed E-state index contributed by atoms with van der Waals surface area (Å²) in [4.78, 5) is 0. The standard InChI is InChI=1S/C23H32O2.C21H16O2/c1-21(2,3)19-13-15(24)9-11-17(19)23(7,8)18-12-10-16(25)14-20(18)22(4,5)6;22-20-11-9-14-5-1-3-7-16(14)18(20)13-19-17-8-4-2-6-15(17)10-12-21(19)23/h9-14,24-25H,1-8H3;1-12,22-23H,13H2. The molecule has 248 valence electrons. The van der Waals surface area contributed by atoms with Crippen LogP contribution in [0.3, 0.4) is 0 Å². The molecule has 0 heterocycles. The summed E-state index contributed by atoms with van der Waals surface area (Å²) >= 11 is 0. The lowest BCUT2D eigenvalue weighted by Crippen LogP contribution is -2.29. The summed E-state index contributed by atoms with van der Waals surface area (Å²) in [6.45, 7) is 17.5. The van der Waals surface area contributed by atoms with Crippen molar-refractivity contribution in [2.24, 2.45) is 0 Å². The number of aromatic hydroxyl groups is 4. The van der Waals surface area contributed by atoms with E-state index < -0.39 is 0 Å².